The van der Waals surface area contributed by atoms with Crippen LogP contribution in [-0.4, -0.2) is 31.1 Å². The number of carbonyl (C=O) groups excluding carboxylic acids is 1. The van der Waals surface area contributed by atoms with Gasteiger partial charge in [0.15, 0.2) is 0 Å². The largest absolute Gasteiger partial charge is 0.492 e. The molecule has 6 heteroatoms. The summed E-state index contributed by atoms with van der Waals surface area (Å²) >= 11 is 0. The first-order valence-corrected chi connectivity index (χ1v) is 7.18. The third kappa shape index (κ3) is 3.01. The maximum atomic E-state index is 12.6. The fourth-order valence-corrected chi connectivity index (χ4v) is 2.39. The van der Waals surface area contributed by atoms with Gasteiger partial charge in [-0.25, -0.2) is 4.98 Å². The molecule has 0 spiro atoms. The molecule has 2 aromatic rings. The number of para-hydroxylation sites is 1. The summed E-state index contributed by atoms with van der Waals surface area (Å²) < 4.78 is 5.65. The highest BCUT2D eigenvalue weighted by molar-refractivity contribution is 5.96. The number of hydrogen-bond acceptors (Lipinski definition) is 5. The number of ether oxygens (including phenoxy) is 1. The summed E-state index contributed by atoms with van der Waals surface area (Å²) in [4.78, 5) is 16.8. The zero-order chi connectivity index (χ0) is 15.4. The number of pyridine rings is 1. The Morgan fingerprint density at radius 1 is 1.32 bits per heavy atom. The molecule has 1 aliphatic rings. The molecule has 1 aliphatic heterocycles. The number of benzene rings is 1. The van der Waals surface area contributed by atoms with Crippen molar-refractivity contribution in [3.05, 3.63) is 48.2 Å². The van der Waals surface area contributed by atoms with E-state index in [-0.39, 0.29) is 5.91 Å². The Morgan fingerprint density at radius 3 is 2.95 bits per heavy atom. The Hall–Kier alpha value is -2.60. The number of hydrogen-bond donors (Lipinski definition) is 3. The van der Waals surface area contributed by atoms with Gasteiger partial charge in [0.05, 0.1) is 11.9 Å². The number of rotatable bonds is 3. The number of aromatic nitrogens is 1. The van der Waals surface area contributed by atoms with E-state index in [2.05, 4.69) is 20.9 Å². The lowest BCUT2D eigenvalue weighted by molar-refractivity contribution is -0.118. The van der Waals surface area contributed by atoms with E-state index in [0.717, 1.165) is 17.1 Å². The van der Waals surface area contributed by atoms with Gasteiger partial charge in [-0.3, -0.25) is 10.1 Å². The molecule has 1 atom stereocenters. The Morgan fingerprint density at radius 2 is 2.18 bits per heavy atom. The second-order valence-corrected chi connectivity index (χ2v) is 4.94. The van der Waals surface area contributed by atoms with Crippen LogP contribution < -0.4 is 20.7 Å². The molecule has 0 saturated carbocycles. The molecule has 0 aliphatic carbocycles. The highest BCUT2D eigenvalue weighted by Gasteiger charge is 2.25. The Balaban J connectivity index is 1.79. The quantitative estimate of drug-likeness (QED) is 0.805. The van der Waals surface area contributed by atoms with E-state index >= 15 is 0 Å². The van der Waals surface area contributed by atoms with Gasteiger partial charge in [-0.05, 0) is 18.2 Å². The maximum absolute atomic E-state index is 12.6. The molecule has 1 aromatic carbocycles. The van der Waals surface area contributed by atoms with Gasteiger partial charge in [-0.2, -0.15) is 0 Å². The molecule has 114 valence electrons. The first kappa shape index (κ1) is 14.3. The van der Waals surface area contributed by atoms with Crippen molar-refractivity contribution in [2.45, 2.75) is 6.04 Å². The molecule has 3 N–H and O–H groups in total. The van der Waals surface area contributed by atoms with E-state index in [1.807, 2.05) is 36.4 Å². The average Bonchev–Trinajstić information content (AvgIpc) is 2.78. The molecule has 0 bridgehead atoms. The highest BCUT2D eigenvalue weighted by atomic mass is 16.5. The van der Waals surface area contributed by atoms with Gasteiger partial charge in [0.1, 0.15) is 24.2 Å². The summed E-state index contributed by atoms with van der Waals surface area (Å²) in [5, 5.41) is 9.03. The van der Waals surface area contributed by atoms with Crippen molar-refractivity contribution in [2.75, 3.05) is 30.8 Å². The number of nitrogens with one attached hydrogen (secondary N) is 3. The molecule has 0 radical (unpaired) electrons. The van der Waals surface area contributed by atoms with Crippen molar-refractivity contribution in [3.8, 4) is 5.75 Å². The fourth-order valence-electron chi connectivity index (χ4n) is 2.39. The molecule has 0 fully saturated rings. The molecule has 0 saturated heterocycles. The van der Waals surface area contributed by atoms with Crippen LogP contribution in [0.15, 0.2) is 42.6 Å². The van der Waals surface area contributed by atoms with E-state index in [1.165, 1.54) is 0 Å². The minimum Gasteiger partial charge on any atom is -0.492 e. The lowest BCUT2D eigenvalue weighted by atomic mass is 10.1. The molecule has 1 aromatic heterocycles. The standard InChI is InChI=1S/C16H18N4O2/c1-17-14-7-6-11(10-19-14)20-16(21)15-12-4-2-3-5-13(12)22-9-8-18-15/h2-7,10,15,18H,8-9H2,1H3,(H,17,19)(H,20,21). The van der Waals surface area contributed by atoms with Gasteiger partial charge in [0.25, 0.3) is 0 Å². The van der Waals surface area contributed by atoms with Gasteiger partial charge in [-0.15, -0.1) is 0 Å². The van der Waals surface area contributed by atoms with E-state index < -0.39 is 6.04 Å². The minimum atomic E-state index is -0.442. The molecule has 1 unspecified atom stereocenters. The predicted octanol–water partition coefficient (Wildman–Crippen LogP) is 1.79. The van der Waals surface area contributed by atoms with Gasteiger partial charge >= 0.3 is 0 Å². The Labute approximate surface area is 128 Å². The number of amides is 1. The Kier molecular flexibility index (Phi) is 4.20. The van der Waals surface area contributed by atoms with E-state index in [1.54, 1.807) is 13.2 Å². The van der Waals surface area contributed by atoms with Gasteiger partial charge in [0, 0.05) is 19.2 Å². The predicted molar refractivity (Wildman–Crippen MR) is 85.1 cm³/mol. The lowest BCUT2D eigenvalue weighted by Crippen LogP contribution is -2.33. The zero-order valence-corrected chi connectivity index (χ0v) is 12.3. The second kappa shape index (κ2) is 6.44. The van der Waals surface area contributed by atoms with Crippen LogP contribution in [0.5, 0.6) is 5.75 Å². The monoisotopic (exact) mass is 298 g/mol. The topological polar surface area (TPSA) is 75.3 Å². The van der Waals surface area contributed by atoms with Gasteiger partial charge in [0.2, 0.25) is 5.91 Å². The van der Waals surface area contributed by atoms with Crippen LogP contribution in [0.2, 0.25) is 0 Å². The molecular formula is C16H18N4O2. The normalized spacial score (nSPS) is 16.9. The fraction of sp³-hybridized carbons (Fsp3) is 0.250. The van der Waals surface area contributed by atoms with E-state index in [9.17, 15) is 4.79 Å². The molecular weight excluding hydrogens is 280 g/mol. The summed E-state index contributed by atoms with van der Waals surface area (Å²) in [6.07, 6.45) is 1.63. The summed E-state index contributed by atoms with van der Waals surface area (Å²) in [5.41, 5.74) is 1.51. The highest BCUT2D eigenvalue weighted by Crippen LogP contribution is 2.27. The molecule has 22 heavy (non-hydrogen) atoms. The van der Waals surface area contributed by atoms with Gasteiger partial charge < -0.3 is 15.4 Å². The van der Waals surface area contributed by atoms with Crippen LogP contribution in [0.4, 0.5) is 11.5 Å². The summed E-state index contributed by atoms with van der Waals surface area (Å²) in [6, 6.07) is 10.8. The van der Waals surface area contributed by atoms with Gasteiger partial charge in [-0.1, -0.05) is 18.2 Å². The minimum absolute atomic E-state index is 0.128. The SMILES string of the molecule is CNc1ccc(NC(=O)C2NCCOc3ccccc32)cn1. The summed E-state index contributed by atoms with van der Waals surface area (Å²) in [5.74, 6) is 1.37. The van der Waals surface area contributed by atoms with Crippen molar-refractivity contribution >= 4 is 17.4 Å². The van der Waals surface area contributed by atoms with Crippen LogP contribution in [-0.2, 0) is 4.79 Å². The van der Waals surface area contributed by atoms with Crippen molar-refractivity contribution in [1.29, 1.82) is 0 Å². The Bertz CT molecular complexity index is 657. The van der Waals surface area contributed by atoms with Crippen molar-refractivity contribution < 1.29 is 9.53 Å². The molecule has 1 amide bonds. The number of fused-ring (bicyclic) bond motifs is 1. The van der Waals surface area contributed by atoms with Crippen molar-refractivity contribution in [1.82, 2.24) is 10.3 Å². The number of anilines is 2. The van der Waals surface area contributed by atoms with Crippen molar-refractivity contribution in [2.24, 2.45) is 0 Å². The summed E-state index contributed by atoms with van der Waals surface area (Å²) in [7, 11) is 1.80. The average molecular weight is 298 g/mol. The van der Waals surface area contributed by atoms with E-state index in [0.29, 0.717) is 18.8 Å². The number of carbonyl (C=O) groups is 1. The third-order valence-corrected chi connectivity index (χ3v) is 3.49. The van der Waals surface area contributed by atoms with Crippen LogP contribution in [0, 0.1) is 0 Å². The zero-order valence-electron chi connectivity index (χ0n) is 12.3. The van der Waals surface area contributed by atoms with Crippen LogP contribution >= 0.6 is 0 Å². The summed E-state index contributed by atoms with van der Waals surface area (Å²) in [6.45, 7) is 1.16. The first-order chi connectivity index (χ1) is 10.8. The molecule has 3 rings (SSSR count). The third-order valence-electron chi connectivity index (χ3n) is 3.49. The van der Waals surface area contributed by atoms with Crippen molar-refractivity contribution in [3.63, 3.8) is 0 Å². The van der Waals surface area contributed by atoms with Crippen LogP contribution in [0.1, 0.15) is 11.6 Å². The molecule has 2 heterocycles. The van der Waals surface area contributed by atoms with Crippen LogP contribution in [0.25, 0.3) is 0 Å². The van der Waals surface area contributed by atoms with E-state index in [4.69, 9.17) is 4.74 Å². The first-order valence-electron chi connectivity index (χ1n) is 7.18. The smallest absolute Gasteiger partial charge is 0.246 e. The lowest BCUT2D eigenvalue weighted by Gasteiger charge is -2.17. The maximum Gasteiger partial charge on any atom is 0.246 e. The molecule has 6 nitrogen and oxygen atoms in total. The van der Waals surface area contributed by atoms with Crippen LogP contribution in [0.3, 0.4) is 0 Å². The second-order valence-electron chi connectivity index (χ2n) is 4.94. The number of nitrogens with zero attached hydrogens (tertiary/aromatic N) is 1.